The lowest BCUT2D eigenvalue weighted by atomic mass is 10.1. The molecule has 0 aliphatic rings. The number of H-pyrrole nitrogens is 1. The molecule has 0 bridgehead atoms. The molecule has 1 aromatic carbocycles. The molecule has 0 aliphatic carbocycles. The van der Waals surface area contributed by atoms with Crippen LogP contribution in [0, 0.1) is 0 Å². The summed E-state index contributed by atoms with van der Waals surface area (Å²) in [6.45, 7) is 0. The number of benzene rings is 1. The SMILES string of the molecule is Cn1cc(-c2cccc3[nH]c(C=O)cc23)cn1. The van der Waals surface area contributed by atoms with Gasteiger partial charge in [0.15, 0.2) is 6.29 Å². The molecule has 3 aromatic rings. The van der Waals surface area contributed by atoms with Crippen LogP contribution in [0.2, 0.25) is 0 Å². The van der Waals surface area contributed by atoms with Gasteiger partial charge in [-0.25, -0.2) is 0 Å². The molecule has 2 aromatic heterocycles. The van der Waals surface area contributed by atoms with Gasteiger partial charge in [0.1, 0.15) is 0 Å². The molecule has 1 N–H and O–H groups in total. The highest BCUT2D eigenvalue weighted by molar-refractivity contribution is 5.98. The van der Waals surface area contributed by atoms with Gasteiger partial charge in [0.25, 0.3) is 0 Å². The lowest BCUT2D eigenvalue weighted by molar-refractivity contribution is 0.112. The second kappa shape index (κ2) is 3.59. The Morgan fingerprint density at radius 3 is 3.00 bits per heavy atom. The van der Waals surface area contributed by atoms with Crippen LogP contribution in [0.4, 0.5) is 0 Å². The third-order valence-electron chi connectivity index (χ3n) is 2.83. The van der Waals surface area contributed by atoms with Crippen molar-refractivity contribution in [1.82, 2.24) is 14.8 Å². The van der Waals surface area contributed by atoms with Crippen LogP contribution < -0.4 is 0 Å². The topological polar surface area (TPSA) is 50.7 Å². The zero-order valence-electron chi connectivity index (χ0n) is 9.34. The lowest BCUT2D eigenvalue weighted by Crippen LogP contribution is -1.84. The number of carbonyl (C=O) groups excluding carboxylic acids is 1. The van der Waals surface area contributed by atoms with Crippen LogP contribution in [0.1, 0.15) is 10.5 Å². The minimum absolute atomic E-state index is 0.594. The van der Waals surface area contributed by atoms with Crippen LogP contribution in [0.3, 0.4) is 0 Å². The van der Waals surface area contributed by atoms with Crippen LogP contribution in [0.15, 0.2) is 36.7 Å². The van der Waals surface area contributed by atoms with E-state index in [2.05, 4.69) is 10.1 Å². The van der Waals surface area contributed by atoms with Crippen molar-refractivity contribution in [3.8, 4) is 11.1 Å². The first kappa shape index (κ1) is 9.84. The number of carbonyl (C=O) groups is 1. The minimum atomic E-state index is 0.594. The Bertz CT molecular complexity index is 694. The molecular formula is C13H11N3O. The van der Waals surface area contributed by atoms with E-state index < -0.39 is 0 Å². The summed E-state index contributed by atoms with van der Waals surface area (Å²) >= 11 is 0. The van der Waals surface area contributed by atoms with E-state index in [-0.39, 0.29) is 0 Å². The summed E-state index contributed by atoms with van der Waals surface area (Å²) in [5, 5.41) is 5.21. The highest BCUT2D eigenvalue weighted by Gasteiger charge is 2.07. The summed E-state index contributed by atoms with van der Waals surface area (Å²) in [5.41, 5.74) is 3.69. The molecule has 0 saturated carbocycles. The Labute approximate surface area is 97.9 Å². The number of hydrogen-bond acceptors (Lipinski definition) is 2. The van der Waals surface area contributed by atoms with Gasteiger partial charge >= 0.3 is 0 Å². The fourth-order valence-electron chi connectivity index (χ4n) is 2.05. The fraction of sp³-hybridized carbons (Fsp3) is 0.0769. The maximum atomic E-state index is 10.8. The van der Waals surface area contributed by atoms with Crippen molar-refractivity contribution < 1.29 is 4.79 Å². The van der Waals surface area contributed by atoms with E-state index in [4.69, 9.17) is 0 Å². The van der Waals surface area contributed by atoms with E-state index in [1.807, 2.05) is 43.7 Å². The van der Waals surface area contributed by atoms with E-state index in [9.17, 15) is 4.79 Å². The molecule has 17 heavy (non-hydrogen) atoms. The lowest BCUT2D eigenvalue weighted by Gasteiger charge is -1.98. The number of aryl methyl sites for hydroxylation is 1. The van der Waals surface area contributed by atoms with Gasteiger partial charge in [0.2, 0.25) is 0 Å². The van der Waals surface area contributed by atoms with Crippen LogP contribution in [0.25, 0.3) is 22.0 Å². The van der Waals surface area contributed by atoms with Gasteiger partial charge in [0.05, 0.1) is 11.9 Å². The van der Waals surface area contributed by atoms with E-state index in [0.29, 0.717) is 5.69 Å². The standard InChI is InChI=1S/C13H11N3O/c1-16-7-9(6-14-16)11-3-2-4-13-12(11)5-10(8-17)15-13/h2-8,15H,1H3. The summed E-state index contributed by atoms with van der Waals surface area (Å²) in [5.74, 6) is 0. The van der Waals surface area contributed by atoms with Crippen LogP contribution in [-0.2, 0) is 7.05 Å². The maximum absolute atomic E-state index is 10.8. The van der Waals surface area contributed by atoms with Crippen molar-refractivity contribution in [3.05, 3.63) is 42.4 Å². The molecule has 2 heterocycles. The van der Waals surface area contributed by atoms with E-state index in [0.717, 1.165) is 28.3 Å². The van der Waals surface area contributed by atoms with Crippen molar-refractivity contribution >= 4 is 17.2 Å². The van der Waals surface area contributed by atoms with Crippen molar-refractivity contribution in [2.45, 2.75) is 0 Å². The number of aromatic amines is 1. The van der Waals surface area contributed by atoms with Gasteiger partial charge in [-0.1, -0.05) is 12.1 Å². The molecule has 3 rings (SSSR count). The zero-order chi connectivity index (χ0) is 11.8. The van der Waals surface area contributed by atoms with Crippen LogP contribution in [-0.4, -0.2) is 21.1 Å². The molecule has 0 unspecified atom stereocenters. The quantitative estimate of drug-likeness (QED) is 0.681. The van der Waals surface area contributed by atoms with Gasteiger partial charge in [-0.05, 0) is 17.7 Å². The van der Waals surface area contributed by atoms with Crippen LogP contribution >= 0.6 is 0 Å². The van der Waals surface area contributed by atoms with Gasteiger partial charge in [-0.3, -0.25) is 9.48 Å². The molecule has 0 spiro atoms. The third-order valence-corrected chi connectivity index (χ3v) is 2.83. The van der Waals surface area contributed by atoms with Crippen molar-refractivity contribution in [3.63, 3.8) is 0 Å². The molecule has 0 radical (unpaired) electrons. The predicted molar refractivity (Wildman–Crippen MR) is 65.9 cm³/mol. The van der Waals surface area contributed by atoms with E-state index >= 15 is 0 Å². The third kappa shape index (κ3) is 1.54. The molecule has 0 amide bonds. The summed E-state index contributed by atoms with van der Waals surface area (Å²) in [7, 11) is 1.89. The summed E-state index contributed by atoms with van der Waals surface area (Å²) in [6.07, 6.45) is 4.61. The smallest absolute Gasteiger partial charge is 0.166 e. The first-order valence-corrected chi connectivity index (χ1v) is 5.34. The number of aromatic nitrogens is 3. The number of nitrogens with zero attached hydrogens (tertiary/aromatic N) is 2. The Morgan fingerprint density at radius 1 is 1.41 bits per heavy atom. The zero-order valence-corrected chi connectivity index (χ0v) is 9.34. The Morgan fingerprint density at radius 2 is 2.29 bits per heavy atom. The molecule has 84 valence electrons. The van der Waals surface area contributed by atoms with Gasteiger partial charge in [-0.2, -0.15) is 5.10 Å². The Hall–Kier alpha value is -2.36. The second-order valence-electron chi connectivity index (χ2n) is 4.01. The van der Waals surface area contributed by atoms with Gasteiger partial charge in [-0.15, -0.1) is 0 Å². The summed E-state index contributed by atoms with van der Waals surface area (Å²) < 4.78 is 1.77. The molecule has 0 aliphatic heterocycles. The van der Waals surface area contributed by atoms with Crippen molar-refractivity contribution in [2.75, 3.05) is 0 Å². The number of hydrogen-bond donors (Lipinski definition) is 1. The Balaban J connectivity index is 2.28. The predicted octanol–water partition coefficient (Wildman–Crippen LogP) is 2.38. The van der Waals surface area contributed by atoms with Gasteiger partial charge in [0, 0.05) is 29.7 Å². The highest BCUT2D eigenvalue weighted by atomic mass is 16.1. The minimum Gasteiger partial charge on any atom is -0.352 e. The number of fused-ring (bicyclic) bond motifs is 1. The number of nitrogens with one attached hydrogen (secondary N) is 1. The van der Waals surface area contributed by atoms with Crippen molar-refractivity contribution in [2.24, 2.45) is 7.05 Å². The molecule has 4 heteroatoms. The summed E-state index contributed by atoms with van der Waals surface area (Å²) in [4.78, 5) is 13.8. The molecular weight excluding hydrogens is 214 g/mol. The number of rotatable bonds is 2. The first-order chi connectivity index (χ1) is 8.28. The monoisotopic (exact) mass is 225 g/mol. The first-order valence-electron chi connectivity index (χ1n) is 5.34. The largest absolute Gasteiger partial charge is 0.352 e. The van der Waals surface area contributed by atoms with Gasteiger partial charge < -0.3 is 4.98 Å². The average Bonchev–Trinajstić information content (AvgIpc) is 2.93. The van der Waals surface area contributed by atoms with E-state index in [1.54, 1.807) is 4.68 Å². The number of aldehydes is 1. The van der Waals surface area contributed by atoms with Crippen molar-refractivity contribution in [1.29, 1.82) is 0 Å². The maximum Gasteiger partial charge on any atom is 0.166 e. The molecule has 0 saturated heterocycles. The molecule has 4 nitrogen and oxygen atoms in total. The highest BCUT2D eigenvalue weighted by Crippen LogP contribution is 2.28. The summed E-state index contributed by atoms with van der Waals surface area (Å²) in [6, 6.07) is 7.82. The van der Waals surface area contributed by atoms with Crippen LogP contribution in [0.5, 0.6) is 0 Å². The fourth-order valence-corrected chi connectivity index (χ4v) is 2.05. The normalized spacial score (nSPS) is 10.9. The Kier molecular flexibility index (Phi) is 2.08. The van der Waals surface area contributed by atoms with E-state index in [1.165, 1.54) is 0 Å². The molecule has 0 fully saturated rings. The second-order valence-corrected chi connectivity index (χ2v) is 4.01. The molecule has 0 atom stereocenters. The average molecular weight is 225 g/mol.